The molecule has 32 heavy (non-hydrogen) atoms. The largest absolute Gasteiger partial charge is 0.481 e. The van der Waals surface area contributed by atoms with Crippen molar-refractivity contribution in [2.45, 2.75) is 63.7 Å². The van der Waals surface area contributed by atoms with E-state index >= 15 is 0 Å². The Morgan fingerprint density at radius 2 is 1.50 bits per heavy atom. The number of carboxylic acid groups (broad SMARTS) is 2. The molecule has 0 spiro atoms. The first-order chi connectivity index (χ1) is 14.8. The summed E-state index contributed by atoms with van der Waals surface area (Å²) in [4.78, 5) is 70.3. The van der Waals surface area contributed by atoms with Crippen molar-refractivity contribution in [2.24, 2.45) is 17.4 Å². The zero-order valence-corrected chi connectivity index (χ0v) is 18.8. The molecule has 0 bridgehead atoms. The van der Waals surface area contributed by atoms with E-state index in [0.29, 0.717) is 6.42 Å². The third kappa shape index (κ3) is 10.4. The molecule has 4 amide bonds. The molecule has 13 nitrogen and oxygen atoms in total. The minimum atomic E-state index is -1.48. The van der Waals surface area contributed by atoms with Crippen molar-refractivity contribution in [3.8, 4) is 0 Å². The maximum atomic E-state index is 12.8. The van der Waals surface area contributed by atoms with E-state index in [1.165, 1.54) is 0 Å². The fourth-order valence-corrected chi connectivity index (χ4v) is 2.78. The van der Waals surface area contributed by atoms with Crippen LogP contribution in [-0.4, -0.2) is 75.7 Å². The van der Waals surface area contributed by atoms with E-state index in [1.807, 2.05) is 0 Å². The van der Waals surface area contributed by atoms with Crippen LogP contribution in [0.1, 0.15) is 39.5 Å². The highest BCUT2D eigenvalue weighted by atomic mass is 32.1. The van der Waals surface area contributed by atoms with E-state index in [4.69, 9.17) is 16.6 Å². The number of primary amides is 1. The number of nitrogens with one attached hydrogen (secondary N) is 3. The Morgan fingerprint density at radius 3 is 1.94 bits per heavy atom. The molecule has 14 heteroatoms. The molecular formula is C18H31N5O8S. The maximum Gasteiger partial charge on any atom is 0.326 e. The molecule has 0 aliphatic heterocycles. The zero-order chi connectivity index (χ0) is 25.0. The van der Waals surface area contributed by atoms with Gasteiger partial charge in [-0.1, -0.05) is 20.3 Å². The van der Waals surface area contributed by atoms with Crippen LogP contribution in [0.5, 0.6) is 0 Å². The minimum Gasteiger partial charge on any atom is -0.481 e. The van der Waals surface area contributed by atoms with E-state index in [2.05, 4.69) is 28.6 Å². The summed E-state index contributed by atoms with van der Waals surface area (Å²) < 4.78 is 0. The summed E-state index contributed by atoms with van der Waals surface area (Å²) in [5.41, 5.74) is 10.6. The average Bonchev–Trinajstić information content (AvgIpc) is 2.70. The monoisotopic (exact) mass is 477 g/mol. The van der Waals surface area contributed by atoms with Gasteiger partial charge in [0.15, 0.2) is 0 Å². The van der Waals surface area contributed by atoms with Crippen LogP contribution in [0.2, 0.25) is 0 Å². The lowest BCUT2D eigenvalue weighted by molar-refractivity contribution is -0.143. The zero-order valence-electron chi connectivity index (χ0n) is 17.9. The van der Waals surface area contributed by atoms with Crippen molar-refractivity contribution in [3.05, 3.63) is 0 Å². The number of thiol groups is 1. The molecule has 182 valence electrons. The summed E-state index contributed by atoms with van der Waals surface area (Å²) in [6, 6.07) is -5.11. The number of carboxylic acids is 2. The van der Waals surface area contributed by atoms with Crippen molar-refractivity contribution >= 4 is 48.2 Å². The van der Waals surface area contributed by atoms with Gasteiger partial charge in [0.05, 0.1) is 12.5 Å². The van der Waals surface area contributed by atoms with Gasteiger partial charge >= 0.3 is 11.9 Å². The van der Waals surface area contributed by atoms with E-state index in [0.717, 1.165) is 0 Å². The van der Waals surface area contributed by atoms with E-state index in [1.54, 1.807) is 13.8 Å². The van der Waals surface area contributed by atoms with Crippen LogP contribution in [0.3, 0.4) is 0 Å². The van der Waals surface area contributed by atoms with Gasteiger partial charge in [-0.25, -0.2) is 4.79 Å². The van der Waals surface area contributed by atoms with Gasteiger partial charge in [0.25, 0.3) is 0 Å². The molecule has 0 saturated carbocycles. The first-order valence-corrected chi connectivity index (χ1v) is 10.5. The van der Waals surface area contributed by atoms with Gasteiger partial charge in [0.2, 0.25) is 23.6 Å². The Hall–Kier alpha value is -2.87. The second-order valence-corrected chi connectivity index (χ2v) is 7.59. The third-order valence-corrected chi connectivity index (χ3v) is 4.99. The van der Waals surface area contributed by atoms with Crippen molar-refractivity contribution < 1.29 is 39.0 Å². The normalized spacial score (nSPS) is 15.4. The molecule has 0 heterocycles. The Labute approximate surface area is 190 Å². The van der Waals surface area contributed by atoms with Crippen molar-refractivity contribution in [2.75, 3.05) is 5.75 Å². The number of rotatable bonds is 15. The topological polar surface area (TPSA) is 231 Å². The first-order valence-electron chi connectivity index (χ1n) is 9.84. The fourth-order valence-electron chi connectivity index (χ4n) is 2.52. The summed E-state index contributed by atoms with van der Waals surface area (Å²) in [6.07, 6.45) is -0.789. The molecule has 5 unspecified atom stereocenters. The highest BCUT2D eigenvalue weighted by Gasteiger charge is 2.32. The molecule has 9 N–H and O–H groups in total. The number of aliphatic carboxylic acids is 2. The average molecular weight is 478 g/mol. The van der Waals surface area contributed by atoms with Crippen LogP contribution in [-0.2, 0) is 28.8 Å². The van der Waals surface area contributed by atoms with Gasteiger partial charge < -0.3 is 37.6 Å². The Balaban J connectivity index is 5.30. The number of hydrogen-bond acceptors (Lipinski definition) is 8. The van der Waals surface area contributed by atoms with E-state index in [-0.39, 0.29) is 18.1 Å². The Bertz CT molecular complexity index is 719. The van der Waals surface area contributed by atoms with E-state index in [9.17, 15) is 33.9 Å². The van der Waals surface area contributed by atoms with Gasteiger partial charge in [-0.2, -0.15) is 12.6 Å². The van der Waals surface area contributed by atoms with Crippen LogP contribution >= 0.6 is 12.6 Å². The predicted molar refractivity (Wildman–Crippen MR) is 115 cm³/mol. The van der Waals surface area contributed by atoms with Crippen LogP contribution in [0.25, 0.3) is 0 Å². The number of carbonyl (C=O) groups excluding carboxylic acids is 4. The highest BCUT2D eigenvalue weighted by Crippen LogP contribution is 2.09. The molecule has 0 aliphatic rings. The second kappa shape index (κ2) is 14.2. The fraction of sp³-hybridized carbons (Fsp3) is 0.667. The maximum absolute atomic E-state index is 12.8. The molecule has 0 saturated heterocycles. The lowest BCUT2D eigenvalue weighted by atomic mass is 9.97. The van der Waals surface area contributed by atoms with Gasteiger partial charge in [-0.05, 0) is 12.3 Å². The standard InChI is InChI=1S/C18H31N5O8S/c1-3-8(2)14(23-15(27)9(19)6-12(20)24)17(29)22-11(7-32)16(28)21-10(18(30)31)4-5-13(25)26/h8-11,14,32H,3-7,19H2,1-2H3,(H2,20,24)(H,21,28)(H,22,29)(H,23,27)(H,25,26)(H,30,31). The third-order valence-electron chi connectivity index (χ3n) is 4.63. The molecule has 5 atom stereocenters. The van der Waals surface area contributed by atoms with Crippen LogP contribution < -0.4 is 27.4 Å². The lowest BCUT2D eigenvalue weighted by Gasteiger charge is -2.27. The number of nitrogens with two attached hydrogens (primary N) is 2. The van der Waals surface area contributed by atoms with Gasteiger partial charge in [0, 0.05) is 12.2 Å². The lowest BCUT2D eigenvalue weighted by Crippen LogP contribution is -2.59. The van der Waals surface area contributed by atoms with Crippen LogP contribution in [0, 0.1) is 5.92 Å². The van der Waals surface area contributed by atoms with Gasteiger partial charge in [0.1, 0.15) is 18.1 Å². The second-order valence-electron chi connectivity index (χ2n) is 7.22. The smallest absolute Gasteiger partial charge is 0.326 e. The van der Waals surface area contributed by atoms with Gasteiger partial charge in [-0.15, -0.1) is 0 Å². The Kier molecular flexibility index (Phi) is 13.0. The number of amides is 4. The summed E-state index contributed by atoms with van der Waals surface area (Å²) in [7, 11) is 0. The van der Waals surface area contributed by atoms with Crippen molar-refractivity contribution in [3.63, 3.8) is 0 Å². The summed E-state index contributed by atoms with van der Waals surface area (Å²) in [5.74, 6) is -6.45. The minimum absolute atomic E-state index is 0.203. The number of carbonyl (C=O) groups is 6. The number of hydrogen-bond donors (Lipinski definition) is 8. The molecule has 0 fully saturated rings. The first kappa shape index (κ1) is 29.1. The Morgan fingerprint density at radius 1 is 0.938 bits per heavy atom. The molecule has 0 aromatic rings. The predicted octanol–water partition coefficient (Wildman–Crippen LogP) is -2.43. The van der Waals surface area contributed by atoms with Crippen molar-refractivity contribution in [1.82, 2.24) is 16.0 Å². The molecular weight excluding hydrogens is 446 g/mol. The van der Waals surface area contributed by atoms with Crippen LogP contribution in [0.15, 0.2) is 0 Å². The summed E-state index contributed by atoms with van der Waals surface area (Å²) in [6.45, 7) is 3.44. The highest BCUT2D eigenvalue weighted by molar-refractivity contribution is 7.80. The van der Waals surface area contributed by atoms with Crippen LogP contribution in [0.4, 0.5) is 0 Å². The molecule has 0 rings (SSSR count). The van der Waals surface area contributed by atoms with Gasteiger partial charge in [-0.3, -0.25) is 24.0 Å². The molecule has 0 aromatic carbocycles. The summed E-state index contributed by atoms with van der Waals surface area (Å²) in [5, 5.41) is 24.9. The van der Waals surface area contributed by atoms with E-state index < -0.39 is 72.6 Å². The summed E-state index contributed by atoms with van der Waals surface area (Å²) >= 11 is 4.00. The molecule has 0 aromatic heterocycles. The quantitative estimate of drug-likeness (QED) is 0.117. The van der Waals surface area contributed by atoms with Crippen molar-refractivity contribution in [1.29, 1.82) is 0 Å². The SMILES string of the molecule is CCC(C)C(NC(=O)C(N)CC(N)=O)C(=O)NC(CS)C(=O)NC(CCC(=O)O)C(=O)O. The molecule has 0 radical (unpaired) electrons. The molecule has 0 aliphatic carbocycles.